The average molecular weight is 443 g/mol. The Bertz CT molecular complexity index is 1320. The molecular weight excluding hydrogens is 422 g/mol. The molecule has 0 unspecified atom stereocenters. The van der Waals surface area contributed by atoms with Gasteiger partial charge in [0.2, 0.25) is 0 Å². The fraction of sp³-hybridized carbons (Fsp3) is 0.304. The minimum absolute atomic E-state index is 0.0684. The van der Waals surface area contributed by atoms with Crippen LogP contribution < -0.4 is 5.56 Å². The van der Waals surface area contributed by atoms with Crippen molar-refractivity contribution in [3.63, 3.8) is 0 Å². The van der Waals surface area contributed by atoms with Gasteiger partial charge in [-0.3, -0.25) is 4.79 Å². The summed E-state index contributed by atoms with van der Waals surface area (Å²) in [7, 11) is 0. The maximum absolute atomic E-state index is 13.6. The lowest BCUT2D eigenvalue weighted by atomic mass is 9.95. The number of halogens is 3. The van der Waals surface area contributed by atoms with Gasteiger partial charge in [-0.15, -0.1) is 0 Å². The summed E-state index contributed by atoms with van der Waals surface area (Å²) in [6, 6.07) is 7.76. The van der Waals surface area contributed by atoms with Gasteiger partial charge in [0.1, 0.15) is 5.82 Å². The van der Waals surface area contributed by atoms with E-state index in [1.165, 1.54) is 5.56 Å². The second-order valence-electron chi connectivity index (χ2n) is 8.10. The van der Waals surface area contributed by atoms with Crippen molar-refractivity contribution in [3.05, 3.63) is 74.9 Å². The molecule has 1 aliphatic rings. The summed E-state index contributed by atoms with van der Waals surface area (Å²) >= 11 is 6.14. The van der Waals surface area contributed by atoms with Crippen LogP contribution >= 0.6 is 11.6 Å². The Balaban J connectivity index is 1.25. The Morgan fingerprint density at radius 2 is 1.87 bits per heavy atom. The van der Waals surface area contributed by atoms with Crippen LogP contribution in [-0.4, -0.2) is 39.5 Å². The number of fused-ring (bicyclic) bond motifs is 2. The number of aromatic amines is 2. The van der Waals surface area contributed by atoms with Crippen molar-refractivity contribution >= 4 is 33.4 Å². The second kappa shape index (κ2) is 8.05. The third-order valence-electron chi connectivity index (χ3n) is 6.17. The summed E-state index contributed by atoms with van der Waals surface area (Å²) < 4.78 is 27.0. The summed E-state index contributed by atoms with van der Waals surface area (Å²) in [6.45, 7) is 2.69. The van der Waals surface area contributed by atoms with Gasteiger partial charge in [0, 0.05) is 40.7 Å². The topological polar surface area (TPSA) is 64.8 Å². The molecule has 0 atom stereocenters. The summed E-state index contributed by atoms with van der Waals surface area (Å²) in [5, 5.41) is 1.96. The normalized spacial score (nSPS) is 15.8. The largest absolute Gasteiger partial charge is 0.361 e. The molecule has 3 heterocycles. The van der Waals surface area contributed by atoms with Crippen LogP contribution in [0.1, 0.15) is 30.1 Å². The molecule has 160 valence electrons. The second-order valence-corrected chi connectivity index (χ2v) is 8.54. The highest BCUT2D eigenvalue weighted by molar-refractivity contribution is 6.31. The summed E-state index contributed by atoms with van der Waals surface area (Å²) in [5.74, 6) is -1.40. The molecule has 0 saturated carbocycles. The highest BCUT2D eigenvalue weighted by Crippen LogP contribution is 2.27. The molecule has 1 aliphatic heterocycles. The minimum atomic E-state index is -1.04. The number of aromatic nitrogens is 3. The molecule has 31 heavy (non-hydrogen) atoms. The number of likely N-dealkylation sites (tertiary alicyclic amines) is 1. The first-order valence-electron chi connectivity index (χ1n) is 10.3. The van der Waals surface area contributed by atoms with E-state index in [9.17, 15) is 13.6 Å². The third kappa shape index (κ3) is 3.95. The zero-order valence-corrected chi connectivity index (χ0v) is 17.5. The standard InChI is InChI=1S/C23H21ClF2N4O/c24-15-1-2-20-16(9-15)14(12-27-20)5-8-30-6-3-13(4-7-30)22-28-21-11-19(26)18(25)10-17(21)23(31)29-22/h1-2,9-13,27H,3-8H2,(H,28,29,31). The van der Waals surface area contributed by atoms with Crippen LogP contribution in [0.5, 0.6) is 0 Å². The summed E-state index contributed by atoms with van der Waals surface area (Å²) in [4.78, 5) is 25.2. The molecule has 0 bridgehead atoms. The van der Waals surface area contributed by atoms with Crippen molar-refractivity contribution in [2.24, 2.45) is 0 Å². The number of rotatable bonds is 4. The van der Waals surface area contributed by atoms with Crippen molar-refractivity contribution in [1.29, 1.82) is 0 Å². The van der Waals surface area contributed by atoms with Gasteiger partial charge in [-0.2, -0.15) is 0 Å². The lowest BCUT2D eigenvalue weighted by molar-refractivity contribution is 0.211. The van der Waals surface area contributed by atoms with Crippen molar-refractivity contribution in [1.82, 2.24) is 19.9 Å². The Labute approximate surface area is 182 Å². The van der Waals surface area contributed by atoms with E-state index in [0.29, 0.717) is 5.82 Å². The van der Waals surface area contributed by atoms with Gasteiger partial charge in [0.15, 0.2) is 11.6 Å². The van der Waals surface area contributed by atoms with Gasteiger partial charge in [0.25, 0.3) is 5.56 Å². The predicted molar refractivity (Wildman–Crippen MR) is 118 cm³/mol. The first-order valence-corrected chi connectivity index (χ1v) is 10.7. The van der Waals surface area contributed by atoms with Crippen LogP contribution in [0.2, 0.25) is 5.02 Å². The van der Waals surface area contributed by atoms with Crippen molar-refractivity contribution in [3.8, 4) is 0 Å². The van der Waals surface area contributed by atoms with E-state index in [4.69, 9.17) is 11.6 Å². The molecule has 8 heteroatoms. The van der Waals surface area contributed by atoms with E-state index in [2.05, 4.69) is 19.9 Å². The van der Waals surface area contributed by atoms with Gasteiger partial charge in [-0.1, -0.05) is 11.6 Å². The maximum Gasteiger partial charge on any atom is 0.258 e. The van der Waals surface area contributed by atoms with E-state index in [1.807, 2.05) is 24.4 Å². The zero-order chi connectivity index (χ0) is 21.5. The predicted octanol–water partition coefficient (Wildman–Crippen LogP) is 4.76. The number of H-pyrrole nitrogens is 2. The molecule has 2 N–H and O–H groups in total. The SMILES string of the molecule is O=c1[nH]c(C2CCN(CCc3c[nH]c4ccc(Cl)cc34)CC2)nc2cc(F)c(F)cc12. The van der Waals surface area contributed by atoms with Crippen LogP contribution in [0.3, 0.4) is 0 Å². The molecule has 0 spiro atoms. The highest BCUT2D eigenvalue weighted by Gasteiger charge is 2.23. The molecule has 1 fully saturated rings. The Morgan fingerprint density at radius 3 is 2.68 bits per heavy atom. The number of benzene rings is 2. The molecule has 5 rings (SSSR count). The zero-order valence-electron chi connectivity index (χ0n) is 16.7. The van der Waals surface area contributed by atoms with E-state index >= 15 is 0 Å². The van der Waals surface area contributed by atoms with E-state index < -0.39 is 17.2 Å². The summed E-state index contributed by atoms with van der Waals surface area (Å²) in [5.41, 5.74) is 2.09. The van der Waals surface area contributed by atoms with Crippen LogP contribution in [0.4, 0.5) is 8.78 Å². The number of piperidine rings is 1. The molecule has 4 aromatic rings. The molecule has 0 radical (unpaired) electrons. The highest BCUT2D eigenvalue weighted by atomic mass is 35.5. The van der Waals surface area contributed by atoms with Crippen LogP contribution in [0.15, 0.2) is 41.3 Å². The molecular formula is C23H21ClF2N4O. The number of hydrogen-bond acceptors (Lipinski definition) is 3. The van der Waals surface area contributed by atoms with Crippen LogP contribution in [-0.2, 0) is 6.42 Å². The molecule has 2 aromatic carbocycles. The molecule has 5 nitrogen and oxygen atoms in total. The maximum atomic E-state index is 13.6. The van der Waals surface area contributed by atoms with E-state index in [0.717, 1.165) is 67.0 Å². The van der Waals surface area contributed by atoms with Crippen LogP contribution in [0, 0.1) is 11.6 Å². The quantitative estimate of drug-likeness (QED) is 0.479. The molecule has 0 aliphatic carbocycles. The van der Waals surface area contributed by atoms with Gasteiger partial charge in [-0.25, -0.2) is 13.8 Å². The number of hydrogen-bond donors (Lipinski definition) is 2. The van der Waals surface area contributed by atoms with Crippen molar-refractivity contribution in [2.45, 2.75) is 25.2 Å². The number of nitrogens with one attached hydrogen (secondary N) is 2. The first-order chi connectivity index (χ1) is 15.0. The first kappa shape index (κ1) is 20.2. The minimum Gasteiger partial charge on any atom is -0.361 e. The van der Waals surface area contributed by atoms with Gasteiger partial charge in [0.05, 0.1) is 10.9 Å². The average Bonchev–Trinajstić information content (AvgIpc) is 3.16. The van der Waals surface area contributed by atoms with Crippen molar-refractivity contribution in [2.75, 3.05) is 19.6 Å². The lowest BCUT2D eigenvalue weighted by Gasteiger charge is -2.31. The Kier molecular flexibility index (Phi) is 5.24. The van der Waals surface area contributed by atoms with Gasteiger partial charge in [-0.05, 0) is 62.2 Å². The fourth-order valence-electron chi connectivity index (χ4n) is 4.41. The van der Waals surface area contributed by atoms with E-state index in [-0.39, 0.29) is 16.8 Å². The van der Waals surface area contributed by atoms with Crippen molar-refractivity contribution < 1.29 is 8.78 Å². The molecule has 1 saturated heterocycles. The van der Waals surface area contributed by atoms with Gasteiger partial charge >= 0.3 is 0 Å². The molecule has 0 amide bonds. The van der Waals surface area contributed by atoms with E-state index in [1.54, 1.807) is 0 Å². The Hall–Kier alpha value is -2.77. The lowest BCUT2D eigenvalue weighted by Crippen LogP contribution is -2.35. The number of nitrogens with zero attached hydrogens (tertiary/aromatic N) is 2. The van der Waals surface area contributed by atoms with Crippen LogP contribution in [0.25, 0.3) is 21.8 Å². The smallest absolute Gasteiger partial charge is 0.258 e. The Morgan fingerprint density at radius 1 is 1.10 bits per heavy atom. The monoisotopic (exact) mass is 442 g/mol. The summed E-state index contributed by atoms with van der Waals surface area (Å²) in [6.07, 6.45) is 4.65. The third-order valence-corrected chi connectivity index (χ3v) is 6.40. The van der Waals surface area contributed by atoms with Gasteiger partial charge < -0.3 is 14.9 Å². The fourth-order valence-corrected chi connectivity index (χ4v) is 4.58. The molecule has 2 aromatic heterocycles.